The molecular weight excluding hydrogens is 349 g/mol. The number of para-hydroxylation sites is 3. The molecule has 0 unspecified atom stereocenters. The molecule has 4 rings (SSSR count). The Morgan fingerprint density at radius 3 is 2.41 bits per heavy atom. The minimum Gasteiger partial charge on any atom is -0.482 e. The maximum absolute atomic E-state index is 14.4. The molecule has 0 saturated heterocycles. The summed E-state index contributed by atoms with van der Waals surface area (Å²) in [6.45, 7) is 1.84. The monoisotopic (exact) mass is 367 g/mol. The van der Waals surface area contributed by atoms with Crippen LogP contribution in [-0.2, 0) is 11.3 Å². The number of halogens is 1. The Balaban J connectivity index is 1.67. The number of anilines is 1. The van der Waals surface area contributed by atoms with Gasteiger partial charge in [0.05, 0.1) is 18.5 Å². The van der Waals surface area contributed by atoms with E-state index in [1.807, 2.05) is 6.07 Å². The lowest BCUT2D eigenvalue weighted by Crippen LogP contribution is -2.50. The van der Waals surface area contributed by atoms with Gasteiger partial charge in [-0.1, -0.05) is 24.3 Å². The first kappa shape index (κ1) is 17.1. The number of ether oxygens (including phenoxy) is 2. The maximum atomic E-state index is 14.4. The Bertz CT molecular complexity index is 941. The zero-order valence-corrected chi connectivity index (χ0v) is 14.7. The predicted octanol–water partition coefficient (Wildman–Crippen LogP) is 4.18. The quantitative estimate of drug-likeness (QED) is 0.694. The van der Waals surface area contributed by atoms with Crippen LogP contribution in [0.1, 0.15) is 12.7 Å². The molecule has 2 atom stereocenters. The summed E-state index contributed by atoms with van der Waals surface area (Å²) in [7, 11) is 0. The van der Waals surface area contributed by atoms with Crippen molar-refractivity contribution in [2.24, 2.45) is 0 Å². The standard InChI is InChI=1S/C21H18FNO4/c1-14-20(27-19-11-5-4-10-18(19)26-14)21(24)23(13-15-7-6-12-25-15)17-9-3-2-8-16(17)22/h2-12,14,20H,13H2,1H3/t14-,20-/m0/s1. The summed E-state index contributed by atoms with van der Waals surface area (Å²) in [5, 5.41) is 0. The van der Waals surface area contributed by atoms with Crippen LogP contribution in [0.4, 0.5) is 10.1 Å². The largest absolute Gasteiger partial charge is 0.482 e. The highest BCUT2D eigenvalue weighted by molar-refractivity contribution is 5.97. The molecule has 5 nitrogen and oxygen atoms in total. The minimum absolute atomic E-state index is 0.0843. The molecule has 1 amide bonds. The van der Waals surface area contributed by atoms with E-state index in [1.165, 1.54) is 17.2 Å². The topological polar surface area (TPSA) is 51.9 Å². The van der Waals surface area contributed by atoms with Crippen molar-refractivity contribution in [1.82, 2.24) is 0 Å². The second-order valence-corrected chi connectivity index (χ2v) is 6.26. The van der Waals surface area contributed by atoms with Crippen LogP contribution in [0, 0.1) is 5.82 Å². The number of hydrogen-bond donors (Lipinski definition) is 0. The molecule has 3 aromatic rings. The smallest absolute Gasteiger partial charge is 0.272 e. The number of carbonyl (C=O) groups is 1. The van der Waals surface area contributed by atoms with Crippen molar-refractivity contribution in [2.75, 3.05) is 4.90 Å². The Morgan fingerprint density at radius 1 is 1.00 bits per heavy atom. The molecule has 1 aromatic heterocycles. The number of rotatable bonds is 4. The molecule has 0 saturated carbocycles. The van der Waals surface area contributed by atoms with Crippen LogP contribution in [0.25, 0.3) is 0 Å². The lowest BCUT2D eigenvalue weighted by molar-refractivity contribution is -0.130. The van der Waals surface area contributed by atoms with Gasteiger partial charge < -0.3 is 13.9 Å². The molecule has 1 aliphatic heterocycles. The summed E-state index contributed by atoms with van der Waals surface area (Å²) >= 11 is 0. The highest BCUT2D eigenvalue weighted by Crippen LogP contribution is 2.35. The molecule has 2 aromatic carbocycles. The van der Waals surface area contributed by atoms with Gasteiger partial charge in [0, 0.05) is 0 Å². The van der Waals surface area contributed by atoms with Gasteiger partial charge in [-0.05, 0) is 43.3 Å². The summed E-state index contributed by atoms with van der Waals surface area (Å²) in [6.07, 6.45) is 0.0751. The van der Waals surface area contributed by atoms with Gasteiger partial charge in [-0.25, -0.2) is 4.39 Å². The van der Waals surface area contributed by atoms with Crippen LogP contribution in [-0.4, -0.2) is 18.1 Å². The fourth-order valence-corrected chi connectivity index (χ4v) is 3.06. The molecule has 138 valence electrons. The SMILES string of the molecule is C[C@@H]1Oc2ccccc2O[C@@H]1C(=O)N(Cc1ccco1)c1ccccc1F. The molecule has 0 N–H and O–H groups in total. The van der Waals surface area contributed by atoms with E-state index in [0.717, 1.165) is 0 Å². The van der Waals surface area contributed by atoms with Gasteiger partial charge >= 0.3 is 0 Å². The number of fused-ring (bicyclic) bond motifs is 1. The molecule has 0 radical (unpaired) electrons. The first-order chi connectivity index (χ1) is 13.1. The highest BCUT2D eigenvalue weighted by atomic mass is 19.1. The summed E-state index contributed by atoms with van der Waals surface area (Å²) in [4.78, 5) is 14.6. The normalized spacial score (nSPS) is 18.1. The third-order valence-corrected chi connectivity index (χ3v) is 4.39. The fraction of sp³-hybridized carbons (Fsp3) is 0.190. The minimum atomic E-state index is -0.908. The fourth-order valence-electron chi connectivity index (χ4n) is 3.06. The van der Waals surface area contributed by atoms with E-state index < -0.39 is 23.9 Å². The Kier molecular flexibility index (Phi) is 4.54. The van der Waals surface area contributed by atoms with Crippen molar-refractivity contribution < 1.29 is 23.1 Å². The Hall–Kier alpha value is -3.28. The molecule has 1 aliphatic rings. The molecular formula is C21H18FNO4. The average molecular weight is 367 g/mol. The van der Waals surface area contributed by atoms with Crippen molar-refractivity contribution in [3.8, 4) is 11.5 Å². The van der Waals surface area contributed by atoms with E-state index in [1.54, 1.807) is 55.5 Å². The van der Waals surface area contributed by atoms with Gasteiger partial charge in [-0.15, -0.1) is 0 Å². The van der Waals surface area contributed by atoms with Crippen molar-refractivity contribution in [1.29, 1.82) is 0 Å². The van der Waals surface area contributed by atoms with Crippen LogP contribution in [0.15, 0.2) is 71.3 Å². The molecule has 0 spiro atoms. The molecule has 27 heavy (non-hydrogen) atoms. The molecule has 0 aliphatic carbocycles. The number of nitrogens with zero attached hydrogens (tertiary/aromatic N) is 1. The Morgan fingerprint density at radius 2 is 1.70 bits per heavy atom. The number of benzene rings is 2. The van der Waals surface area contributed by atoms with Crippen molar-refractivity contribution in [2.45, 2.75) is 25.7 Å². The number of hydrogen-bond acceptors (Lipinski definition) is 4. The van der Waals surface area contributed by atoms with Crippen LogP contribution in [0.3, 0.4) is 0 Å². The Labute approximate surface area is 155 Å². The molecule has 0 fully saturated rings. The van der Waals surface area contributed by atoms with Crippen LogP contribution in [0.2, 0.25) is 0 Å². The van der Waals surface area contributed by atoms with Gasteiger partial charge in [0.25, 0.3) is 5.91 Å². The van der Waals surface area contributed by atoms with Crippen molar-refractivity contribution in [3.05, 3.63) is 78.5 Å². The second-order valence-electron chi connectivity index (χ2n) is 6.26. The third-order valence-electron chi connectivity index (χ3n) is 4.39. The molecule has 6 heteroatoms. The van der Waals surface area contributed by atoms with Gasteiger partial charge in [0.2, 0.25) is 6.10 Å². The van der Waals surface area contributed by atoms with Gasteiger partial charge in [0.1, 0.15) is 17.7 Å². The van der Waals surface area contributed by atoms with E-state index in [-0.39, 0.29) is 12.2 Å². The van der Waals surface area contributed by atoms with E-state index in [2.05, 4.69) is 0 Å². The first-order valence-electron chi connectivity index (χ1n) is 8.64. The average Bonchev–Trinajstić information content (AvgIpc) is 3.19. The summed E-state index contributed by atoms with van der Waals surface area (Å²) in [6, 6.07) is 16.7. The number of furan rings is 1. The summed E-state index contributed by atoms with van der Waals surface area (Å²) in [5.74, 6) is 0.704. The maximum Gasteiger partial charge on any atom is 0.272 e. The second kappa shape index (κ2) is 7.15. The lowest BCUT2D eigenvalue weighted by atomic mass is 10.1. The first-order valence-corrected chi connectivity index (χ1v) is 8.64. The van der Waals surface area contributed by atoms with Gasteiger partial charge in [0.15, 0.2) is 11.5 Å². The van der Waals surface area contributed by atoms with E-state index in [0.29, 0.717) is 17.3 Å². The zero-order chi connectivity index (χ0) is 18.8. The van der Waals surface area contributed by atoms with Crippen molar-refractivity contribution in [3.63, 3.8) is 0 Å². The lowest BCUT2D eigenvalue weighted by Gasteiger charge is -2.34. The third kappa shape index (κ3) is 3.38. The number of carbonyl (C=O) groups excluding carboxylic acids is 1. The van der Waals surface area contributed by atoms with E-state index >= 15 is 0 Å². The van der Waals surface area contributed by atoms with Gasteiger partial charge in [-0.2, -0.15) is 0 Å². The zero-order valence-electron chi connectivity index (χ0n) is 14.7. The summed E-state index contributed by atoms with van der Waals surface area (Å²) < 4.78 is 31.5. The number of amides is 1. The molecule has 2 heterocycles. The van der Waals surface area contributed by atoms with Gasteiger partial charge in [-0.3, -0.25) is 9.69 Å². The van der Waals surface area contributed by atoms with Crippen LogP contribution < -0.4 is 14.4 Å². The van der Waals surface area contributed by atoms with Crippen LogP contribution >= 0.6 is 0 Å². The van der Waals surface area contributed by atoms with Crippen molar-refractivity contribution >= 4 is 11.6 Å². The highest BCUT2D eigenvalue weighted by Gasteiger charge is 2.38. The van der Waals surface area contributed by atoms with E-state index in [9.17, 15) is 9.18 Å². The predicted molar refractivity (Wildman–Crippen MR) is 97.2 cm³/mol. The van der Waals surface area contributed by atoms with E-state index in [4.69, 9.17) is 13.9 Å². The summed E-state index contributed by atoms with van der Waals surface area (Å²) in [5.41, 5.74) is 0.161. The molecule has 0 bridgehead atoms. The van der Waals surface area contributed by atoms with Crippen LogP contribution in [0.5, 0.6) is 11.5 Å².